The molecule has 2 N–H and O–H groups in total. The normalized spacial score (nSPS) is 23.9. The molecule has 1 atom stereocenters. The van der Waals surface area contributed by atoms with Crippen molar-refractivity contribution in [1.82, 2.24) is 0 Å². The molecule has 1 aliphatic carbocycles. The number of anilines is 1. The molecule has 0 saturated heterocycles. The lowest BCUT2D eigenvalue weighted by atomic mass is 9.84. The Bertz CT molecular complexity index is 451. The Morgan fingerprint density at radius 3 is 2.48 bits per heavy atom. The highest BCUT2D eigenvalue weighted by Crippen LogP contribution is 2.32. The molecule has 0 spiro atoms. The monoisotopic (exact) mass is 352 g/mol. The minimum atomic E-state index is 0.203. The van der Waals surface area contributed by atoms with Gasteiger partial charge in [-0.1, -0.05) is 35.3 Å². The molecule has 0 aliphatic heterocycles. The molecule has 1 unspecified atom stereocenters. The largest absolute Gasteiger partial charge is 0.372 e. The van der Waals surface area contributed by atoms with Crippen LogP contribution in [-0.2, 0) is 6.42 Å². The summed E-state index contributed by atoms with van der Waals surface area (Å²) >= 11 is 3.71. The molecule has 1 saturated carbocycles. The summed E-state index contributed by atoms with van der Waals surface area (Å²) in [5, 5.41) is 0. The number of benzene rings is 1. The molecule has 0 aromatic heterocycles. The smallest absolute Gasteiger partial charge is 0.0377 e. The highest BCUT2D eigenvalue weighted by atomic mass is 79.9. The van der Waals surface area contributed by atoms with Crippen molar-refractivity contribution in [2.45, 2.75) is 64.5 Å². The highest BCUT2D eigenvalue weighted by Gasteiger charge is 2.23. The van der Waals surface area contributed by atoms with E-state index in [-0.39, 0.29) is 6.04 Å². The number of nitrogens with two attached hydrogens (primary N) is 1. The standard InChI is InChI=1S/C18H29BrN2/c1-4-14-5-8-16(9-6-14)21(3)17-10-7-15(11-13(2)20)18(19)12-17/h7,10,12-14,16H,4-6,8-9,11,20H2,1-3H3. The Kier molecular flexibility index (Phi) is 6.12. The van der Waals surface area contributed by atoms with Gasteiger partial charge in [-0.2, -0.15) is 0 Å². The van der Waals surface area contributed by atoms with Crippen LogP contribution < -0.4 is 10.6 Å². The first-order valence-electron chi connectivity index (χ1n) is 8.28. The fourth-order valence-electron chi connectivity index (χ4n) is 3.42. The molecular weight excluding hydrogens is 324 g/mol. The topological polar surface area (TPSA) is 29.3 Å². The Morgan fingerprint density at radius 1 is 1.29 bits per heavy atom. The van der Waals surface area contributed by atoms with Crippen molar-refractivity contribution in [2.75, 3.05) is 11.9 Å². The van der Waals surface area contributed by atoms with E-state index in [4.69, 9.17) is 5.73 Å². The van der Waals surface area contributed by atoms with Crippen LogP contribution in [0.15, 0.2) is 22.7 Å². The van der Waals surface area contributed by atoms with Crippen LogP contribution in [0.4, 0.5) is 5.69 Å². The predicted molar refractivity (Wildman–Crippen MR) is 95.9 cm³/mol. The molecule has 0 radical (unpaired) electrons. The molecular formula is C18H29BrN2. The summed E-state index contributed by atoms with van der Waals surface area (Å²) in [6, 6.07) is 7.61. The van der Waals surface area contributed by atoms with Crippen molar-refractivity contribution in [1.29, 1.82) is 0 Å². The summed E-state index contributed by atoms with van der Waals surface area (Å²) in [7, 11) is 2.24. The van der Waals surface area contributed by atoms with Gasteiger partial charge in [0, 0.05) is 29.3 Å². The van der Waals surface area contributed by atoms with E-state index < -0.39 is 0 Å². The summed E-state index contributed by atoms with van der Waals surface area (Å²) in [5.41, 5.74) is 8.52. The van der Waals surface area contributed by atoms with Crippen LogP contribution in [0.1, 0.15) is 51.5 Å². The van der Waals surface area contributed by atoms with Crippen LogP contribution >= 0.6 is 15.9 Å². The van der Waals surface area contributed by atoms with Gasteiger partial charge in [0.05, 0.1) is 0 Å². The van der Waals surface area contributed by atoms with Gasteiger partial charge in [0.1, 0.15) is 0 Å². The molecule has 2 nitrogen and oxygen atoms in total. The number of halogens is 1. The van der Waals surface area contributed by atoms with Gasteiger partial charge in [-0.3, -0.25) is 0 Å². The molecule has 1 aromatic carbocycles. The Labute approximate surface area is 138 Å². The molecule has 118 valence electrons. The molecule has 21 heavy (non-hydrogen) atoms. The van der Waals surface area contributed by atoms with E-state index in [1.54, 1.807) is 0 Å². The van der Waals surface area contributed by atoms with E-state index in [1.807, 2.05) is 0 Å². The van der Waals surface area contributed by atoms with Gasteiger partial charge in [-0.15, -0.1) is 0 Å². The van der Waals surface area contributed by atoms with Gasteiger partial charge in [-0.25, -0.2) is 0 Å². The lowest BCUT2D eigenvalue weighted by molar-refractivity contribution is 0.313. The van der Waals surface area contributed by atoms with E-state index in [9.17, 15) is 0 Å². The Morgan fingerprint density at radius 2 is 1.95 bits per heavy atom. The Hall–Kier alpha value is -0.540. The fourth-order valence-corrected chi connectivity index (χ4v) is 3.95. The highest BCUT2D eigenvalue weighted by molar-refractivity contribution is 9.10. The molecule has 1 fully saturated rings. The lowest BCUT2D eigenvalue weighted by Crippen LogP contribution is -2.35. The molecule has 1 aliphatic rings. The van der Waals surface area contributed by atoms with Crippen LogP contribution in [0.2, 0.25) is 0 Å². The van der Waals surface area contributed by atoms with E-state index in [2.05, 4.69) is 59.9 Å². The average Bonchev–Trinajstić information content (AvgIpc) is 2.48. The molecule has 0 heterocycles. The maximum absolute atomic E-state index is 5.90. The van der Waals surface area contributed by atoms with Crippen molar-refractivity contribution in [3.63, 3.8) is 0 Å². The zero-order chi connectivity index (χ0) is 15.4. The molecule has 0 amide bonds. The van der Waals surface area contributed by atoms with Gasteiger partial charge < -0.3 is 10.6 Å². The van der Waals surface area contributed by atoms with Crippen molar-refractivity contribution < 1.29 is 0 Å². The summed E-state index contributed by atoms with van der Waals surface area (Å²) < 4.78 is 1.19. The number of nitrogens with zero attached hydrogens (tertiary/aromatic N) is 1. The minimum Gasteiger partial charge on any atom is -0.372 e. The number of hydrogen-bond acceptors (Lipinski definition) is 2. The van der Waals surface area contributed by atoms with Crippen LogP contribution in [0.3, 0.4) is 0 Å². The fraction of sp³-hybridized carbons (Fsp3) is 0.667. The lowest BCUT2D eigenvalue weighted by Gasteiger charge is -2.36. The van der Waals surface area contributed by atoms with E-state index >= 15 is 0 Å². The third-order valence-corrected chi connectivity index (χ3v) is 5.67. The van der Waals surface area contributed by atoms with Crippen molar-refractivity contribution >= 4 is 21.6 Å². The first-order valence-corrected chi connectivity index (χ1v) is 9.07. The van der Waals surface area contributed by atoms with Crippen LogP contribution in [0.25, 0.3) is 0 Å². The van der Waals surface area contributed by atoms with Crippen LogP contribution in [0, 0.1) is 5.92 Å². The zero-order valence-electron chi connectivity index (χ0n) is 13.6. The minimum absolute atomic E-state index is 0.203. The van der Waals surface area contributed by atoms with E-state index in [0.29, 0.717) is 6.04 Å². The van der Waals surface area contributed by atoms with Gasteiger partial charge in [-0.05, 0) is 62.6 Å². The van der Waals surface area contributed by atoms with E-state index in [0.717, 1.165) is 12.3 Å². The SMILES string of the molecule is CCC1CCC(N(C)c2ccc(CC(C)N)c(Br)c2)CC1. The number of hydrogen-bond donors (Lipinski definition) is 1. The summed E-state index contributed by atoms with van der Waals surface area (Å²) in [6.45, 7) is 4.38. The molecule has 1 aromatic rings. The van der Waals surface area contributed by atoms with Gasteiger partial charge in [0.15, 0.2) is 0 Å². The summed E-state index contributed by atoms with van der Waals surface area (Å²) in [5.74, 6) is 0.954. The maximum Gasteiger partial charge on any atom is 0.0377 e. The van der Waals surface area contributed by atoms with Crippen molar-refractivity contribution in [2.24, 2.45) is 11.7 Å². The third kappa shape index (κ3) is 4.46. The molecule has 3 heteroatoms. The summed E-state index contributed by atoms with van der Waals surface area (Å²) in [4.78, 5) is 2.46. The average molecular weight is 353 g/mol. The van der Waals surface area contributed by atoms with Gasteiger partial charge in [0.2, 0.25) is 0 Å². The first kappa shape index (κ1) is 16.8. The second-order valence-corrected chi connectivity index (χ2v) is 7.51. The predicted octanol–water partition coefficient (Wildman–Crippen LogP) is 4.74. The van der Waals surface area contributed by atoms with Gasteiger partial charge in [0.25, 0.3) is 0 Å². The number of rotatable bonds is 5. The van der Waals surface area contributed by atoms with Crippen molar-refractivity contribution in [3.05, 3.63) is 28.2 Å². The van der Waals surface area contributed by atoms with Gasteiger partial charge >= 0.3 is 0 Å². The second-order valence-electron chi connectivity index (χ2n) is 6.65. The van der Waals surface area contributed by atoms with E-state index in [1.165, 1.54) is 47.8 Å². The molecule has 2 rings (SSSR count). The van der Waals surface area contributed by atoms with Crippen molar-refractivity contribution in [3.8, 4) is 0 Å². The van der Waals surface area contributed by atoms with Crippen LogP contribution in [-0.4, -0.2) is 19.1 Å². The first-order chi connectivity index (χ1) is 10.0. The third-order valence-electron chi connectivity index (χ3n) is 4.93. The quantitative estimate of drug-likeness (QED) is 0.828. The second kappa shape index (κ2) is 7.64. The zero-order valence-corrected chi connectivity index (χ0v) is 15.2. The van der Waals surface area contributed by atoms with Crippen LogP contribution in [0.5, 0.6) is 0 Å². The maximum atomic E-state index is 5.90. The Balaban J connectivity index is 2.03. The summed E-state index contributed by atoms with van der Waals surface area (Å²) in [6.07, 6.45) is 7.69. The molecule has 0 bridgehead atoms.